The first kappa shape index (κ1) is 13.8. The van der Waals surface area contributed by atoms with Crippen molar-refractivity contribution in [1.82, 2.24) is 0 Å². The van der Waals surface area contributed by atoms with E-state index in [1.165, 1.54) is 12.1 Å². The van der Waals surface area contributed by atoms with Crippen molar-refractivity contribution in [2.24, 2.45) is 5.41 Å². The van der Waals surface area contributed by atoms with Gasteiger partial charge in [-0.05, 0) is 30.4 Å². The number of hydrogen-bond donors (Lipinski definition) is 1. The molecule has 0 bridgehead atoms. The molecule has 1 N–H and O–H groups in total. The SMILES string of the molecule is CC1(CNc2cccc(S(C)(=O)=O)c2[N+](=O)[O-])CC1. The normalized spacial score (nSPS) is 16.9. The molecule has 1 aliphatic rings. The molecule has 0 radical (unpaired) electrons. The molecule has 1 aromatic rings. The van der Waals surface area contributed by atoms with Crippen LogP contribution in [0.2, 0.25) is 0 Å². The van der Waals surface area contributed by atoms with Crippen LogP contribution in [-0.4, -0.2) is 26.1 Å². The quantitative estimate of drug-likeness (QED) is 0.661. The number of anilines is 1. The van der Waals surface area contributed by atoms with Gasteiger partial charge in [0.15, 0.2) is 9.84 Å². The average molecular weight is 284 g/mol. The molecule has 0 unspecified atom stereocenters. The molecular weight excluding hydrogens is 268 g/mol. The van der Waals surface area contributed by atoms with Gasteiger partial charge in [0.1, 0.15) is 10.6 Å². The van der Waals surface area contributed by atoms with Gasteiger partial charge in [0.2, 0.25) is 0 Å². The summed E-state index contributed by atoms with van der Waals surface area (Å²) in [5.41, 5.74) is 0.0740. The average Bonchev–Trinajstić information content (AvgIpc) is 3.03. The lowest BCUT2D eigenvalue weighted by Gasteiger charge is -2.12. The van der Waals surface area contributed by atoms with E-state index >= 15 is 0 Å². The summed E-state index contributed by atoms with van der Waals surface area (Å²) in [5, 5.41) is 14.1. The maximum absolute atomic E-state index is 11.6. The van der Waals surface area contributed by atoms with Crippen molar-refractivity contribution in [3.05, 3.63) is 28.3 Å². The van der Waals surface area contributed by atoms with E-state index < -0.39 is 14.8 Å². The van der Waals surface area contributed by atoms with E-state index in [0.717, 1.165) is 19.1 Å². The van der Waals surface area contributed by atoms with Crippen molar-refractivity contribution in [3.63, 3.8) is 0 Å². The number of nitro groups is 1. The van der Waals surface area contributed by atoms with Crippen molar-refractivity contribution in [2.75, 3.05) is 18.1 Å². The van der Waals surface area contributed by atoms with Crippen LogP contribution in [0.5, 0.6) is 0 Å². The Hall–Kier alpha value is -1.63. The molecule has 0 spiro atoms. The van der Waals surface area contributed by atoms with Crippen LogP contribution in [0.15, 0.2) is 23.1 Å². The van der Waals surface area contributed by atoms with Gasteiger partial charge in [-0.3, -0.25) is 10.1 Å². The van der Waals surface area contributed by atoms with Crippen LogP contribution in [0.3, 0.4) is 0 Å². The van der Waals surface area contributed by atoms with E-state index in [9.17, 15) is 18.5 Å². The van der Waals surface area contributed by atoms with Gasteiger partial charge >= 0.3 is 5.69 Å². The molecule has 1 aliphatic carbocycles. The molecule has 0 aliphatic heterocycles. The standard InChI is InChI=1S/C12H16N2O4S/c1-12(6-7-12)8-13-9-4-3-5-10(19(2,17)18)11(9)14(15)16/h3-5,13H,6-8H2,1-2H3. The molecule has 1 saturated carbocycles. The molecule has 0 atom stereocenters. The van der Waals surface area contributed by atoms with E-state index in [-0.39, 0.29) is 21.7 Å². The Balaban J connectivity index is 2.40. The minimum atomic E-state index is -3.62. The maximum atomic E-state index is 11.6. The van der Waals surface area contributed by atoms with Gasteiger partial charge in [-0.2, -0.15) is 0 Å². The van der Waals surface area contributed by atoms with Gasteiger partial charge in [-0.25, -0.2) is 8.42 Å². The number of rotatable bonds is 5. The Kier molecular flexibility index (Phi) is 3.25. The highest BCUT2D eigenvalue weighted by Gasteiger charge is 2.37. The minimum absolute atomic E-state index is 0.176. The molecule has 0 saturated heterocycles. The number of para-hydroxylation sites is 1. The third kappa shape index (κ3) is 3.04. The number of nitrogens with one attached hydrogen (secondary N) is 1. The van der Waals surface area contributed by atoms with Gasteiger partial charge in [0.25, 0.3) is 0 Å². The summed E-state index contributed by atoms with van der Waals surface area (Å²) in [4.78, 5) is 10.2. The highest BCUT2D eigenvalue weighted by Crippen LogP contribution is 2.45. The van der Waals surface area contributed by atoms with Crippen LogP contribution in [0.4, 0.5) is 11.4 Å². The zero-order valence-electron chi connectivity index (χ0n) is 10.8. The van der Waals surface area contributed by atoms with Crippen molar-refractivity contribution in [1.29, 1.82) is 0 Å². The summed E-state index contributed by atoms with van der Waals surface area (Å²) in [6.07, 6.45) is 3.14. The number of hydrogen-bond acceptors (Lipinski definition) is 5. The second-order valence-electron chi connectivity index (χ2n) is 5.35. The Bertz CT molecular complexity index is 621. The predicted molar refractivity (Wildman–Crippen MR) is 72.0 cm³/mol. The summed E-state index contributed by atoms with van der Waals surface area (Å²) in [6, 6.07) is 4.32. The molecule has 19 heavy (non-hydrogen) atoms. The molecule has 0 aromatic heterocycles. The van der Waals surface area contributed by atoms with Crippen LogP contribution >= 0.6 is 0 Å². The van der Waals surface area contributed by atoms with Gasteiger partial charge in [-0.15, -0.1) is 0 Å². The lowest BCUT2D eigenvalue weighted by atomic mass is 10.1. The van der Waals surface area contributed by atoms with E-state index in [1.54, 1.807) is 6.07 Å². The first-order valence-electron chi connectivity index (χ1n) is 5.94. The van der Waals surface area contributed by atoms with E-state index in [4.69, 9.17) is 0 Å². The van der Waals surface area contributed by atoms with Crippen LogP contribution in [0, 0.1) is 15.5 Å². The fourth-order valence-electron chi connectivity index (χ4n) is 1.85. The Morgan fingerprint density at radius 2 is 2.05 bits per heavy atom. The van der Waals surface area contributed by atoms with Gasteiger partial charge in [0.05, 0.1) is 4.92 Å². The Labute approximate surface area is 111 Å². The molecule has 0 heterocycles. The van der Waals surface area contributed by atoms with E-state index in [0.29, 0.717) is 6.54 Å². The molecule has 2 rings (SSSR count). The number of benzene rings is 1. The highest BCUT2D eigenvalue weighted by atomic mass is 32.2. The molecule has 1 fully saturated rings. The predicted octanol–water partition coefficient (Wildman–Crippen LogP) is 2.21. The smallest absolute Gasteiger partial charge is 0.310 e. The summed E-state index contributed by atoms with van der Waals surface area (Å²) in [7, 11) is -3.62. The topological polar surface area (TPSA) is 89.3 Å². The third-order valence-electron chi connectivity index (χ3n) is 3.39. The molecule has 6 nitrogen and oxygen atoms in total. The van der Waals surface area contributed by atoms with Gasteiger partial charge in [-0.1, -0.05) is 13.0 Å². The van der Waals surface area contributed by atoms with Crippen LogP contribution in [0.1, 0.15) is 19.8 Å². The van der Waals surface area contributed by atoms with Crippen LogP contribution in [0.25, 0.3) is 0 Å². The van der Waals surface area contributed by atoms with E-state index in [2.05, 4.69) is 12.2 Å². The summed E-state index contributed by atoms with van der Waals surface area (Å²) in [5.74, 6) is 0. The third-order valence-corrected chi connectivity index (χ3v) is 4.52. The van der Waals surface area contributed by atoms with Crippen molar-refractivity contribution >= 4 is 21.2 Å². The first-order chi connectivity index (χ1) is 8.73. The second kappa shape index (κ2) is 4.48. The van der Waals surface area contributed by atoms with Crippen LogP contribution in [-0.2, 0) is 9.84 Å². The maximum Gasteiger partial charge on any atom is 0.310 e. The van der Waals surface area contributed by atoms with Crippen molar-refractivity contribution in [3.8, 4) is 0 Å². The minimum Gasteiger partial charge on any atom is -0.379 e. The highest BCUT2D eigenvalue weighted by molar-refractivity contribution is 7.90. The molecule has 104 valence electrons. The summed E-state index contributed by atoms with van der Waals surface area (Å²) in [6.45, 7) is 2.70. The first-order valence-corrected chi connectivity index (χ1v) is 7.83. The monoisotopic (exact) mass is 284 g/mol. The second-order valence-corrected chi connectivity index (χ2v) is 7.33. The number of sulfone groups is 1. The zero-order chi connectivity index (χ0) is 14.3. The lowest BCUT2D eigenvalue weighted by Crippen LogP contribution is -2.14. The van der Waals surface area contributed by atoms with Gasteiger partial charge < -0.3 is 5.32 Å². The zero-order valence-corrected chi connectivity index (χ0v) is 11.7. The fourth-order valence-corrected chi connectivity index (χ4v) is 2.71. The Morgan fingerprint density at radius 3 is 2.53 bits per heavy atom. The van der Waals surface area contributed by atoms with Crippen molar-refractivity contribution < 1.29 is 13.3 Å². The van der Waals surface area contributed by atoms with Gasteiger partial charge in [0, 0.05) is 12.8 Å². The summed E-state index contributed by atoms with van der Waals surface area (Å²) >= 11 is 0. The van der Waals surface area contributed by atoms with Crippen molar-refractivity contribution in [2.45, 2.75) is 24.7 Å². The molecule has 0 amide bonds. The summed E-state index contributed by atoms with van der Waals surface area (Å²) < 4.78 is 23.2. The number of nitrogens with zero attached hydrogens (tertiary/aromatic N) is 1. The molecule has 7 heteroatoms. The number of nitro benzene ring substituents is 1. The Morgan fingerprint density at radius 1 is 1.42 bits per heavy atom. The molecular formula is C12H16N2O4S. The lowest BCUT2D eigenvalue weighted by molar-refractivity contribution is -0.386. The molecule has 1 aromatic carbocycles. The largest absolute Gasteiger partial charge is 0.379 e. The van der Waals surface area contributed by atoms with E-state index in [1.807, 2.05) is 0 Å². The van der Waals surface area contributed by atoms with Crippen LogP contribution < -0.4 is 5.32 Å². The fraction of sp³-hybridized carbons (Fsp3) is 0.500.